The summed E-state index contributed by atoms with van der Waals surface area (Å²) < 4.78 is 9.72. The third-order valence-electron chi connectivity index (χ3n) is 6.46. The van der Waals surface area contributed by atoms with Crippen LogP contribution in [-0.4, -0.2) is 77.3 Å². The van der Waals surface area contributed by atoms with Crippen LogP contribution in [0.15, 0.2) is 24.4 Å². The molecule has 1 saturated heterocycles. The maximum absolute atomic E-state index is 12.4. The van der Waals surface area contributed by atoms with Crippen LogP contribution >= 0.6 is 0 Å². The highest BCUT2D eigenvalue weighted by Crippen LogP contribution is 2.30. The predicted molar refractivity (Wildman–Crippen MR) is 133 cm³/mol. The molecule has 0 amide bonds. The SMILES string of the molecule is CCn1nc(C)cc1-c1nc(-c2cc(C(C)=O)cc3c2cnn3CCN2C[C@@H](C)O[C@@H](C)C2)n[nH]1. The summed E-state index contributed by atoms with van der Waals surface area (Å²) in [7, 11) is 0. The molecule has 1 aliphatic heterocycles. The second kappa shape index (κ2) is 9.35. The Morgan fingerprint density at radius 2 is 1.91 bits per heavy atom. The first-order valence-corrected chi connectivity index (χ1v) is 12.2. The third kappa shape index (κ3) is 4.63. The average molecular weight is 477 g/mol. The van der Waals surface area contributed by atoms with Gasteiger partial charge in [-0.3, -0.25) is 24.2 Å². The highest BCUT2D eigenvalue weighted by Gasteiger charge is 2.23. The molecule has 5 rings (SSSR count). The molecule has 0 bridgehead atoms. The van der Waals surface area contributed by atoms with E-state index in [0.717, 1.165) is 60.6 Å². The monoisotopic (exact) mass is 476 g/mol. The van der Waals surface area contributed by atoms with Gasteiger partial charge in [-0.05, 0) is 52.8 Å². The van der Waals surface area contributed by atoms with Gasteiger partial charge in [-0.2, -0.15) is 15.3 Å². The molecule has 0 saturated carbocycles. The maximum Gasteiger partial charge on any atom is 0.182 e. The van der Waals surface area contributed by atoms with Gasteiger partial charge in [0.2, 0.25) is 0 Å². The van der Waals surface area contributed by atoms with Crippen molar-refractivity contribution < 1.29 is 9.53 Å². The number of morpholine rings is 1. The second-order valence-corrected chi connectivity index (χ2v) is 9.39. The minimum atomic E-state index is -0.00725. The Hall–Kier alpha value is -3.37. The number of carbonyl (C=O) groups is 1. The van der Waals surface area contributed by atoms with Crippen LogP contribution in [0.2, 0.25) is 0 Å². The summed E-state index contributed by atoms with van der Waals surface area (Å²) in [5.41, 5.74) is 4.11. The number of hydrogen-bond acceptors (Lipinski definition) is 7. The van der Waals surface area contributed by atoms with Gasteiger partial charge in [0.1, 0.15) is 5.69 Å². The van der Waals surface area contributed by atoms with E-state index in [4.69, 9.17) is 9.72 Å². The van der Waals surface area contributed by atoms with E-state index in [9.17, 15) is 4.79 Å². The Kier molecular flexibility index (Phi) is 6.24. The molecule has 35 heavy (non-hydrogen) atoms. The zero-order valence-electron chi connectivity index (χ0n) is 20.9. The molecule has 4 aromatic rings. The van der Waals surface area contributed by atoms with E-state index < -0.39 is 0 Å². The van der Waals surface area contributed by atoms with Crippen molar-refractivity contribution in [2.45, 2.75) is 59.9 Å². The number of benzene rings is 1. The summed E-state index contributed by atoms with van der Waals surface area (Å²) in [6.07, 6.45) is 2.28. The van der Waals surface area contributed by atoms with Crippen molar-refractivity contribution in [3.8, 4) is 22.9 Å². The fraction of sp³-hybridized carbons (Fsp3) is 0.480. The average Bonchev–Trinajstić information content (AvgIpc) is 3.54. The minimum absolute atomic E-state index is 0.00725. The largest absolute Gasteiger partial charge is 0.373 e. The van der Waals surface area contributed by atoms with Crippen LogP contribution in [0.1, 0.15) is 43.7 Å². The molecule has 0 unspecified atom stereocenters. The zero-order valence-corrected chi connectivity index (χ0v) is 20.9. The van der Waals surface area contributed by atoms with Crippen LogP contribution in [0.3, 0.4) is 0 Å². The molecule has 2 atom stereocenters. The van der Waals surface area contributed by atoms with Gasteiger partial charge in [0.25, 0.3) is 0 Å². The number of Topliss-reactive ketones (excluding diaryl/α,β-unsaturated/α-hetero) is 1. The van der Waals surface area contributed by atoms with Crippen LogP contribution in [-0.2, 0) is 17.8 Å². The number of ketones is 1. The van der Waals surface area contributed by atoms with Crippen molar-refractivity contribution in [2.24, 2.45) is 0 Å². The summed E-state index contributed by atoms with van der Waals surface area (Å²) in [5.74, 6) is 1.17. The first kappa shape index (κ1) is 23.4. The molecular weight excluding hydrogens is 444 g/mol. The van der Waals surface area contributed by atoms with Crippen LogP contribution in [0, 0.1) is 6.92 Å². The van der Waals surface area contributed by atoms with E-state index in [-0.39, 0.29) is 18.0 Å². The zero-order chi connectivity index (χ0) is 24.7. The quantitative estimate of drug-likeness (QED) is 0.408. The van der Waals surface area contributed by atoms with Crippen LogP contribution in [0.5, 0.6) is 0 Å². The van der Waals surface area contributed by atoms with Gasteiger partial charge < -0.3 is 4.74 Å². The summed E-state index contributed by atoms with van der Waals surface area (Å²) in [5, 5.41) is 17.6. The lowest BCUT2D eigenvalue weighted by Crippen LogP contribution is -2.46. The molecule has 10 nitrogen and oxygen atoms in total. The number of fused-ring (bicyclic) bond motifs is 1. The smallest absolute Gasteiger partial charge is 0.182 e. The van der Waals surface area contributed by atoms with Crippen molar-refractivity contribution in [3.05, 3.63) is 35.7 Å². The Morgan fingerprint density at radius 1 is 1.14 bits per heavy atom. The normalized spacial score (nSPS) is 19.0. The summed E-state index contributed by atoms with van der Waals surface area (Å²) in [6, 6.07) is 5.76. The Labute approximate surface area is 204 Å². The van der Waals surface area contributed by atoms with E-state index in [2.05, 4.69) is 39.1 Å². The number of nitrogens with one attached hydrogen (secondary N) is 1. The molecule has 3 aromatic heterocycles. The predicted octanol–water partition coefficient (Wildman–Crippen LogP) is 3.33. The number of aromatic nitrogens is 7. The van der Waals surface area contributed by atoms with Crippen molar-refractivity contribution in [2.75, 3.05) is 19.6 Å². The van der Waals surface area contributed by atoms with Gasteiger partial charge in [-0.25, -0.2) is 4.98 Å². The number of aryl methyl sites for hydroxylation is 2. The molecule has 4 heterocycles. The first-order chi connectivity index (χ1) is 16.8. The lowest BCUT2D eigenvalue weighted by molar-refractivity contribution is -0.0686. The van der Waals surface area contributed by atoms with Crippen molar-refractivity contribution >= 4 is 16.7 Å². The minimum Gasteiger partial charge on any atom is -0.373 e. The van der Waals surface area contributed by atoms with Gasteiger partial charge in [0.15, 0.2) is 17.4 Å². The highest BCUT2D eigenvalue weighted by molar-refractivity contribution is 6.03. The van der Waals surface area contributed by atoms with E-state index in [1.54, 1.807) is 6.92 Å². The molecule has 10 heteroatoms. The molecule has 0 aliphatic carbocycles. The molecule has 1 fully saturated rings. The highest BCUT2D eigenvalue weighted by atomic mass is 16.5. The van der Waals surface area contributed by atoms with Crippen molar-refractivity contribution in [3.63, 3.8) is 0 Å². The standard InChI is InChI=1S/C25H32N8O2/c1-6-32-23(9-15(2)30-32)25-27-24(28-29-25)20-10-19(18(5)34)11-22-21(20)12-26-33(22)8-7-31-13-16(3)35-17(4)14-31/h9-12,16-17H,6-8,13-14H2,1-5H3,(H,27,28,29)/t16-,17+. The Morgan fingerprint density at radius 3 is 2.63 bits per heavy atom. The molecule has 0 radical (unpaired) electrons. The Bertz CT molecular complexity index is 1360. The van der Waals surface area contributed by atoms with E-state index >= 15 is 0 Å². The number of hydrogen-bond donors (Lipinski definition) is 1. The summed E-state index contributed by atoms with van der Waals surface area (Å²) >= 11 is 0. The Balaban J connectivity index is 1.49. The molecule has 184 valence electrons. The van der Waals surface area contributed by atoms with E-state index in [1.165, 1.54) is 0 Å². The van der Waals surface area contributed by atoms with Gasteiger partial charge in [0, 0.05) is 42.7 Å². The van der Waals surface area contributed by atoms with Crippen LogP contribution < -0.4 is 0 Å². The summed E-state index contributed by atoms with van der Waals surface area (Å²) in [4.78, 5) is 19.6. The molecular formula is C25H32N8O2. The topological polar surface area (TPSA) is 107 Å². The van der Waals surface area contributed by atoms with Crippen LogP contribution in [0.25, 0.3) is 33.8 Å². The van der Waals surface area contributed by atoms with Gasteiger partial charge in [0.05, 0.1) is 36.2 Å². The second-order valence-electron chi connectivity index (χ2n) is 9.39. The van der Waals surface area contributed by atoms with E-state index in [0.29, 0.717) is 17.2 Å². The first-order valence-electron chi connectivity index (χ1n) is 12.2. The number of ether oxygens (including phenoxy) is 1. The van der Waals surface area contributed by atoms with Gasteiger partial charge in [-0.1, -0.05) is 0 Å². The van der Waals surface area contributed by atoms with Gasteiger partial charge in [-0.15, -0.1) is 0 Å². The molecule has 1 aliphatic rings. The van der Waals surface area contributed by atoms with Crippen molar-refractivity contribution in [1.29, 1.82) is 0 Å². The molecule has 1 aromatic carbocycles. The number of carbonyl (C=O) groups excluding carboxylic acids is 1. The fourth-order valence-electron chi connectivity index (χ4n) is 4.92. The number of aromatic amines is 1. The number of rotatable bonds is 7. The molecule has 0 spiro atoms. The van der Waals surface area contributed by atoms with E-state index in [1.807, 2.05) is 47.6 Å². The summed E-state index contributed by atoms with van der Waals surface area (Å²) in [6.45, 7) is 13.9. The number of H-pyrrole nitrogens is 1. The number of nitrogens with zero attached hydrogens (tertiary/aromatic N) is 7. The van der Waals surface area contributed by atoms with Crippen molar-refractivity contribution in [1.82, 2.24) is 39.6 Å². The van der Waals surface area contributed by atoms with Gasteiger partial charge >= 0.3 is 0 Å². The fourth-order valence-corrected chi connectivity index (χ4v) is 4.92. The van der Waals surface area contributed by atoms with Crippen LogP contribution in [0.4, 0.5) is 0 Å². The lowest BCUT2D eigenvalue weighted by Gasteiger charge is -2.35. The molecule has 1 N–H and O–H groups in total. The third-order valence-corrected chi connectivity index (χ3v) is 6.46. The maximum atomic E-state index is 12.4. The lowest BCUT2D eigenvalue weighted by atomic mass is 10.0.